The van der Waals surface area contributed by atoms with Gasteiger partial charge in [0.15, 0.2) is 0 Å². The molecule has 1 aliphatic rings. The fourth-order valence-corrected chi connectivity index (χ4v) is 3.49. The summed E-state index contributed by atoms with van der Waals surface area (Å²) in [6.07, 6.45) is -4.03. The summed E-state index contributed by atoms with van der Waals surface area (Å²) in [4.78, 5) is 24.1. The largest absolute Gasteiger partial charge is 0.467 e. The lowest BCUT2D eigenvalue weighted by atomic mass is 9.98. The van der Waals surface area contributed by atoms with Gasteiger partial charge in [-0.05, 0) is 36.4 Å². The average Bonchev–Trinajstić information content (AvgIpc) is 2.95. The molecule has 1 aromatic rings. The molecule has 1 unspecified atom stereocenters. The first-order chi connectivity index (χ1) is 10.3. The lowest BCUT2D eigenvalue weighted by Crippen LogP contribution is -2.55. The van der Waals surface area contributed by atoms with Crippen LogP contribution in [-0.2, 0) is 15.7 Å². The van der Waals surface area contributed by atoms with Crippen LogP contribution in [0.2, 0.25) is 0 Å². The highest BCUT2D eigenvalue weighted by atomic mass is 32.2. The van der Waals surface area contributed by atoms with Crippen molar-refractivity contribution < 1.29 is 27.5 Å². The van der Waals surface area contributed by atoms with Gasteiger partial charge in [0.05, 0.1) is 12.7 Å². The maximum Gasteiger partial charge on any atom is 0.416 e. The van der Waals surface area contributed by atoms with E-state index >= 15 is 0 Å². The van der Waals surface area contributed by atoms with Crippen LogP contribution in [0.1, 0.15) is 22.3 Å². The maximum atomic E-state index is 12.5. The van der Waals surface area contributed by atoms with E-state index in [1.165, 1.54) is 18.9 Å². The average molecular weight is 333 g/mol. The molecule has 0 aromatic heterocycles. The Balaban J connectivity index is 2.16. The predicted octanol–water partition coefficient (Wildman–Crippen LogP) is 2.48. The van der Waals surface area contributed by atoms with Crippen molar-refractivity contribution in [3.8, 4) is 0 Å². The second-order valence-electron chi connectivity index (χ2n) is 4.91. The summed E-state index contributed by atoms with van der Waals surface area (Å²) in [5.74, 6) is -0.0616. The van der Waals surface area contributed by atoms with Crippen molar-refractivity contribution in [3.63, 3.8) is 0 Å². The van der Waals surface area contributed by atoms with E-state index in [1.807, 2.05) is 0 Å². The number of benzene rings is 1. The van der Waals surface area contributed by atoms with E-state index < -0.39 is 29.2 Å². The minimum absolute atomic E-state index is 0.0631. The summed E-state index contributed by atoms with van der Waals surface area (Å²) >= 11 is 1.50. The number of alkyl halides is 3. The molecule has 1 aliphatic heterocycles. The van der Waals surface area contributed by atoms with Crippen LogP contribution in [0.25, 0.3) is 0 Å². The molecule has 22 heavy (non-hydrogen) atoms. The normalized spacial score (nSPS) is 21.5. The molecule has 1 amide bonds. The molecule has 0 bridgehead atoms. The molecular weight excluding hydrogens is 319 g/mol. The summed E-state index contributed by atoms with van der Waals surface area (Å²) in [7, 11) is 1.23. The molecule has 0 spiro atoms. The number of halogens is 3. The minimum Gasteiger partial charge on any atom is -0.467 e. The lowest BCUT2D eigenvalue weighted by Gasteiger charge is -2.26. The third-order valence-corrected chi connectivity index (χ3v) is 4.61. The molecule has 1 heterocycles. The van der Waals surface area contributed by atoms with Gasteiger partial charge in [0.1, 0.15) is 5.54 Å². The van der Waals surface area contributed by atoms with Gasteiger partial charge in [-0.3, -0.25) is 4.79 Å². The topological polar surface area (TPSA) is 55.4 Å². The Morgan fingerprint density at radius 3 is 2.36 bits per heavy atom. The van der Waals surface area contributed by atoms with Crippen LogP contribution >= 0.6 is 11.8 Å². The number of methoxy groups -OCH3 is 1. The summed E-state index contributed by atoms with van der Waals surface area (Å²) in [5.41, 5.74) is -1.88. The van der Waals surface area contributed by atoms with Gasteiger partial charge < -0.3 is 10.1 Å². The highest BCUT2D eigenvalue weighted by Crippen LogP contribution is 2.31. The van der Waals surface area contributed by atoms with E-state index in [9.17, 15) is 22.8 Å². The minimum atomic E-state index is -4.45. The van der Waals surface area contributed by atoms with Crippen LogP contribution in [0, 0.1) is 0 Å². The Kier molecular flexibility index (Phi) is 4.69. The van der Waals surface area contributed by atoms with Crippen molar-refractivity contribution in [1.29, 1.82) is 0 Å². The summed E-state index contributed by atoms with van der Waals surface area (Å²) < 4.78 is 42.2. The molecule has 1 fully saturated rings. The van der Waals surface area contributed by atoms with E-state index in [0.717, 1.165) is 24.3 Å². The summed E-state index contributed by atoms with van der Waals surface area (Å²) in [6, 6.07) is 3.85. The Bertz CT molecular complexity index is 566. The Morgan fingerprint density at radius 1 is 1.27 bits per heavy atom. The molecule has 4 nitrogen and oxygen atoms in total. The number of hydrogen-bond donors (Lipinski definition) is 1. The summed E-state index contributed by atoms with van der Waals surface area (Å²) in [6.45, 7) is 0. The molecule has 120 valence electrons. The van der Waals surface area contributed by atoms with Gasteiger partial charge in [0.25, 0.3) is 5.91 Å². The maximum absolute atomic E-state index is 12.5. The molecule has 0 saturated carbocycles. The number of carbonyl (C=O) groups is 2. The van der Waals surface area contributed by atoms with Gasteiger partial charge in [0, 0.05) is 11.3 Å². The number of rotatable bonds is 3. The van der Waals surface area contributed by atoms with Crippen molar-refractivity contribution in [2.75, 3.05) is 18.6 Å². The van der Waals surface area contributed by atoms with Crippen LogP contribution in [0.4, 0.5) is 13.2 Å². The smallest absolute Gasteiger partial charge is 0.416 e. The monoisotopic (exact) mass is 333 g/mol. The van der Waals surface area contributed by atoms with Crippen molar-refractivity contribution >= 4 is 23.6 Å². The first kappa shape index (κ1) is 16.7. The fraction of sp³-hybridized carbons (Fsp3) is 0.429. The van der Waals surface area contributed by atoms with Gasteiger partial charge in [-0.1, -0.05) is 0 Å². The zero-order valence-electron chi connectivity index (χ0n) is 11.7. The zero-order valence-corrected chi connectivity index (χ0v) is 12.5. The Hall–Kier alpha value is -1.70. The highest BCUT2D eigenvalue weighted by Gasteiger charge is 2.44. The Labute approximate surface area is 129 Å². The number of hydrogen-bond acceptors (Lipinski definition) is 4. The Morgan fingerprint density at radius 2 is 1.91 bits per heavy atom. The molecule has 1 saturated heterocycles. The third kappa shape index (κ3) is 3.37. The third-order valence-electron chi connectivity index (χ3n) is 3.42. The molecular formula is C14H14F3NO3S. The summed E-state index contributed by atoms with van der Waals surface area (Å²) in [5, 5.41) is 2.60. The first-order valence-corrected chi connectivity index (χ1v) is 7.60. The van der Waals surface area contributed by atoms with Crippen LogP contribution in [-0.4, -0.2) is 36.0 Å². The number of ether oxygens (including phenoxy) is 1. The van der Waals surface area contributed by atoms with Crippen molar-refractivity contribution in [2.45, 2.75) is 18.1 Å². The number of esters is 1. The van der Waals surface area contributed by atoms with Gasteiger partial charge in [-0.25, -0.2) is 4.79 Å². The van der Waals surface area contributed by atoms with Gasteiger partial charge in [0.2, 0.25) is 0 Å². The molecule has 2 rings (SSSR count). The van der Waals surface area contributed by atoms with Crippen molar-refractivity contribution in [2.24, 2.45) is 0 Å². The molecule has 0 radical (unpaired) electrons. The number of carbonyl (C=O) groups excluding carboxylic acids is 2. The lowest BCUT2D eigenvalue weighted by molar-refractivity contribution is -0.147. The van der Waals surface area contributed by atoms with Crippen LogP contribution < -0.4 is 5.32 Å². The molecule has 0 aliphatic carbocycles. The molecule has 1 atom stereocenters. The SMILES string of the molecule is COC(=O)C1(NC(=O)c2ccc(C(F)(F)F)cc2)CCSC1. The number of amides is 1. The van der Waals surface area contributed by atoms with E-state index in [2.05, 4.69) is 5.32 Å². The van der Waals surface area contributed by atoms with Crippen LogP contribution in [0.5, 0.6) is 0 Å². The fourth-order valence-electron chi connectivity index (χ4n) is 2.17. The standard InChI is InChI=1S/C14H14F3NO3S/c1-21-12(20)13(6-7-22-8-13)18-11(19)9-2-4-10(5-3-9)14(15,16)17/h2-5H,6-8H2,1H3,(H,18,19). The number of thioether (sulfide) groups is 1. The van der Waals surface area contributed by atoms with Crippen LogP contribution in [0.15, 0.2) is 24.3 Å². The van der Waals surface area contributed by atoms with Gasteiger partial charge in [-0.2, -0.15) is 24.9 Å². The number of nitrogens with one attached hydrogen (secondary N) is 1. The quantitative estimate of drug-likeness (QED) is 0.864. The van der Waals surface area contributed by atoms with Crippen molar-refractivity contribution in [3.05, 3.63) is 35.4 Å². The molecule has 1 aromatic carbocycles. The van der Waals surface area contributed by atoms with Gasteiger partial charge in [-0.15, -0.1) is 0 Å². The first-order valence-electron chi connectivity index (χ1n) is 6.44. The van der Waals surface area contributed by atoms with Crippen LogP contribution in [0.3, 0.4) is 0 Å². The van der Waals surface area contributed by atoms with E-state index in [1.54, 1.807) is 0 Å². The molecule has 8 heteroatoms. The van der Waals surface area contributed by atoms with Gasteiger partial charge >= 0.3 is 12.1 Å². The van der Waals surface area contributed by atoms with E-state index in [-0.39, 0.29) is 5.56 Å². The highest BCUT2D eigenvalue weighted by molar-refractivity contribution is 7.99. The van der Waals surface area contributed by atoms with Crippen molar-refractivity contribution in [1.82, 2.24) is 5.32 Å². The zero-order chi connectivity index (χ0) is 16.4. The second-order valence-corrected chi connectivity index (χ2v) is 6.01. The predicted molar refractivity (Wildman–Crippen MR) is 75.6 cm³/mol. The molecule has 1 N–H and O–H groups in total. The van der Waals surface area contributed by atoms with E-state index in [4.69, 9.17) is 4.74 Å². The second kappa shape index (κ2) is 6.20. The van der Waals surface area contributed by atoms with E-state index in [0.29, 0.717) is 17.9 Å².